The Morgan fingerprint density at radius 3 is 2.96 bits per heavy atom. The Labute approximate surface area is 157 Å². The number of piperidine rings is 1. The molecule has 6 nitrogen and oxygen atoms in total. The number of benzene rings is 1. The molecule has 0 unspecified atom stereocenters. The summed E-state index contributed by atoms with van der Waals surface area (Å²) in [7, 11) is 1.99. The van der Waals surface area contributed by atoms with Gasteiger partial charge in [0.1, 0.15) is 0 Å². The van der Waals surface area contributed by atoms with Crippen molar-refractivity contribution in [2.45, 2.75) is 25.3 Å². The van der Waals surface area contributed by atoms with Gasteiger partial charge in [0.25, 0.3) is 5.91 Å². The molecule has 5 rings (SSSR count). The first-order valence-corrected chi connectivity index (χ1v) is 9.38. The van der Waals surface area contributed by atoms with Gasteiger partial charge in [-0.25, -0.2) is 9.50 Å². The van der Waals surface area contributed by atoms with E-state index in [1.807, 2.05) is 59.2 Å². The van der Waals surface area contributed by atoms with Crippen LogP contribution in [-0.4, -0.2) is 36.5 Å². The molecule has 0 spiro atoms. The molecule has 1 aliphatic heterocycles. The minimum Gasteiger partial charge on any atom is -0.350 e. The maximum Gasteiger partial charge on any atom is 0.256 e. The highest BCUT2D eigenvalue weighted by atomic mass is 16.2. The van der Waals surface area contributed by atoms with Crippen LogP contribution in [0.3, 0.4) is 0 Å². The van der Waals surface area contributed by atoms with Crippen LogP contribution in [0.5, 0.6) is 0 Å². The van der Waals surface area contributed by atoms with Crippen LogP contribution >= 0.6 is 0 Å². The van der Waals surface area contributed by atoms with Crippen LogP contribution in [0.4, 0.5) is 0 Å². The minimum absolute atomic E-state index is 0.00474. The van der Waals surface area contributed by atoms with Gasteiger partial charge in [-0.15, -0.1) is 0 Å². The third-order valence-electron chi connectivity index (χ3n) is 5.51. The average molecular weight is 359 g/mol. The number of carbonyl (C=O) groups excluding carboxylic acids is 1. The van der Waals surface area contributed by atoms with Crippen LogP contribution in [0, 0.1) is 0 Å². The van der Waals surface area contributed by atoms with Crippen molar-refractivity contribution >= 4 is 22.5 Å². The van der Waals surface area contributed by atoms with E-state index in [1.54, 1.807) is 10.7 Å². The van der Waals surface area contributed by atoms with Gasteiger partial charge in [-0.05, 0) is 31.4 Å². The van der Waals surface area contributed by atoms with E-state index in [-0.39, 0.29) is 11.9 Å². The zero-order valence-electron chi connectivity index (χ0n) is 15.2. The summed E-state index contributed by atoms with van der Waals surface area (Å²) in [5, 5.41) is 5.22. The number of aryl methyl sites for hydroxylation is 1. The van der Waals surface area contributed by atoms with Gasteiger partial charge in [0.2, 0.25) is 0 Å². The van der Waals surface area contributed by atoms with Crippen molar-refractivity contribution in [1.29, 1.82) is 0 Å². The molecular formula is C21H21N5O. The van der Waals surface area contributed by atoms with Gasteiger partial charge >= 0.3 is 0 Å². The van der Waals surface area contributed by atoms with E-state index in [2.05, 4.69) is 11.2 Å². The first-order chi connectivity index (χ1) is 13.2. The van der Waals surface area contributed by atoms with Crippen LogP contribution in [0.1, 0.15) is 41.4 Å². The predicted octanol–water partition coefficient (Wildman–Crippen LogP) is 3.59. The Bertz CT molecular complexity index is 1140. The molecule has 0 radical (unpaired) electrons. The summed E-state index contributed by atoms with van der Waals surface area (Å²) in [5.74, 6) is 0.0895. The molecule has 136 valence electrons. The van der Waals surface area contributed by atoms with Crippen LogP contribution in [-0.2, 0) is 7.05 Å². The molecule has 1 fully saturated rings. The van der Waals surface area contributed by atoms with Crippen molar-refractivity contribution < 1.29 is 4.79 Å². The number of hydrogen-bond donors (Lipinski definition) is 0. The van der Waals surface area contributed by atoms with Crippen LogP contribution < -0.4 is 0 Å². The zero-order valence-corrected chi connectivity index (χ0v) is 15.2. The Hall–Kier alpha value is -3.15. The number of carbonyl (C=O) groups is 1. The van der Waals surface area contributed by atoms with Crippen molar-refractivity contribution in [3.8, 4) is 0 Å². The van der Waals surface area contributed by atoms with Crippen LogP contribution in [0.25, 0.3) is 16.6 Å². The zero-order chi connectivity index (χ0) is 18.4. The summed E-state index contributed by atoms with van der Waals surface area (Å²) >= 11 is 0. The van der Waals surface area contributed by atoms with E-state index in [1.165, 1.54) is 0 Å². The van der Waals surface area contributed by atoms with Crippen molar-refractivity contribution in [3.05, 3.63) is 66.2 Å². The van der Waals surface area contributed by atoms with Gasteiger partial charge in [-0.3, -0.25) is 4.79 Å². The first-order valence-electron chi connectivity index (χ1n) is 9.38. The highest BCUT2D eigenvalue weighted by Crippen LogP contribution is 2.33. The fourth-order valence-corrected chi connectivity index (χ4v) is 4.16. The third kappa shape index (κ3) is 2.60. The second kappa shape index (κ2) is 6.23. The summed E-state index contributed by atoms with van der Waals surface area (Å²) < 4.78 is 3.78. The molecular weight excluding hydrogens is 338 g/mol. The average Bonchev–Trinajstić information content (AvgIpc) is 3.32. The SMILES string of the molecule is Cn1cc(C(=O)N2CCCC[C@@H]2c2ccn3nccc3n2)c2ccccc21. The summed E-state index contributed by atoms with van der Waals surface area (Å²) in [4.78, 5) is 20.2. The lowest BCUT2D eigenvalue weighted by atomic mass is 9.98. The lowest BCUT2D eigenvalue weighted by molar-refractivity contribution is 0.0608. The molecule has 27 heavy (non-hydrogen) atoms. The van der Waals surface area contributed by atoms with Gasteiger partial charge in [0.15, 0.2) is 5.65 Å². The minimum atomic E-state index is 0.00474. The molecule has 1 aliphatic rings. The molecule has 1 aromatic carbocycles. The van der Waals surface area contributed by atoms with E-state index in [0.717, 1.165) is 53.6 Å². The normalized spacial score (nSPS) is 17.7. The number of fused-ring (bicyclic) bond motifs is 2. The second-order valence-corrected chi connectivity index (χ2v) is 7.17. The molecule has 1 amide bonds. The number of para-hydroxylation sites is 1. The Morgan fingerprint density at radius 1 is 1.15 bits per heavy atom. The van der Waals surface area contributed by atoms with Crippen LogP contribution in [0.2, 0.25) is 0 Å². The van der Waals surface area contributed by atoms with E-state index in [4.69, 9.17) is 4.98 Å². The maximum absolute atomic E-state index is 13.5. The fraction of sp³-hybridized carbons (Fsp3) is 0.286. The lowest BCUT2D eigenvalue weighted by Crippen LogP contribution is -2.38. The topological polar surface area (TPSA) is 55.4 Å². The van der Waals surface area contributed by atoms with Crippen molar-refractivity contribution in [2.24, 2.45) is 7.05 Å². The summed E-state index contributed by atoms with van der Waals surface area (Å²) in [6.07, 6.45) is 8.69. The molecule has 0 N–H and O–H groups in total. The Kier molecular flexibility index (Phi) is 3.70. The largest absolute Gasteiger partial charge is 0.350 e. The molecule has 1 atom stereocenters. The maximum atomic E-state index is 13.5. The highest BCUT2D eigenvalue weighted by Gasteiger charge is 2.31. The van der Waals surface area contributed by atoms with Gasteiger partial charge < -0.3 is 9.47 Å². The van der Waals surface area contributed by atoms with Gasteiger partial charge in [0.05, 0.1) is 23.5 Å². The molecule has 0 bridgehead atoms. The van der Waals surface area contributed by atoms with Crippen LogP contribution in [0.15, 0.2) is 55.0 Å². The predicted molar refractivity (Wildman–Crippen MR) is 104 cm³/mol. The van der Waals surface area contributed by atoms with E-state index in [9.17, 15) is 4.79 Å². The quantitative estimate of drug-likeness (QED) is 0.550. The number of amides is 1. The summed E-state index contributed by atoms with van der Waals surface area (Å²) in [6, 6.07) is 12.0. The monoisotopic (exact) mass is 359 g/mol. The van der Waals surface area contributed by atoms with Crippen molar-refractivity contribution in [1.82, 2.24) is 24.1 Å². The molecule has 1 saturated heterocycles. The smallest absolute Gasteiger partial charge is 0.256 e. The Morgan fingerprint density at radius 2 is 2.04 bits per heavy atom. The number of likely N-dealkylation sites (tertiary alicyclic amines) is 1. The summed E-state index contributed by atoms with van der Waals surface area (Å²) in [5.41, 5.74) is 3.60. The van der Waals surface area contributed by atoms with E-state index < -0.39 is 0 Å². The first kappa shape index (κ1) is 16.1. The van der Waals surface area contributed by atoms with Gasteiger partial charge in [-0.2, -0.15) is 5.10 Å². The number of hydrogen-bond acceptors (Lipinski definition) is 3. The fourth-order valence-electron chi connectivity index (χ4n) is 4.16. The summed E-state index contributed by atoms with van der Waals surface area (Å²) in [6.45, 7) is 0.763. The second-order valence-electron chi connectivity index (χ2n) is 7.17. The molecule has 6 heteroatoms. The lowest BCUT2D eigenvalue weighted by Gasteiger charge is -2.35. The molecule has 4 heterocycles. The van der Waals surface area contributed by atoms with Crippen molar-refractivity contribution in [3.63, 3.8) is 0 Å². The van der Waals surface area contributed by atoms with E-state index in [0.29, 0.717) is 0 Å². The molecule has 0 saturated carbocycles. The van der Waals surface area contributed by atoms with Gasteiger partial charge in [0, 0.05) is 43.0 Å². The van der Waals surface area contributed by atoms with E-state index >= 15 is 0 Å². The Balaban J connectivity index is 1.55. The standard InChI is InChI=1S/C21H21N5O/c1-24-14-16(15-6-2-3-7-18(15)24)21(27)25-12-5-4-8-19(25)17-10-13-26-20(23-17)9-11-22-26/h2-3,6-7,9-11,13-14,19H,4-5,8,12H2,1H3/t19-/m1/s1. The number of aromatic nitrogens is 4. The molecule has 3 aromatic heterocycles. The number of rotatable bonds is 2. The molecule has 4 aromatic rings. The van der Waals surface area contributed by atoms with Gasteiger partial charge in [-0.1, -0.05) is 18.2 Å². The number of nitrogens with zero attached hydrogens (tertiary/aromatic N) is 5. The highest BCUT2D eigenvalue weighted by molar-refractivity contribution is 6.07. The third-order valence-corrected chi connectivity index (χ3v) is 5.51. The van der Waals surface area contributed by atoms with Crippen molar-refractivity contribution in [2.75, 3.05) is 6.54 Å². The molecule has 0 aliphatic carbocycles.